The molecule has 1 amide bonds. The summed E-state index contributed by atoms with van der Waals surface area (Å²) in [4.78, 5) is 24.5. The van der Waals surface area contributed by atoms with Gasteiger partial charge in [-0.3, -0.25) is 14.3 Å². The molecule has 6 nitrogen and oxygen atoms in total. The van der Waals surface area contributed by atoms with Crippen molar-refractivity contribution in [3.8, 4) is 0 Å². The summed E-state index contributed by atoms with van der Waals surface area (Å²) in [5.74, 6) is 0.410. The lowest BCUT2D eigenvalue weighted by molar-refractivity contribution is 0.0941. The van der Waals surface area contributed by atoms with E-state index in [2.05, 4.69) is 26.7 Å². The Hall–Kier alpha value is -3.23. The van der Waals surface area contributed by atoms with Gasteiger partial charge in [-0.05, 0) is 73.5 Å². The molecule has 1 N–H and O–H groups in total. The largest absolute Gasteiger partial charge is 0.350 e. The molecule has 0 aliphatic carbocycles. The van der Waals surface area contributed by atoms with Gasteiger partial charge in [-0.2, -0.15) is 0 Å². The molecule has 36 heavy (non-hydrogen) atoms. The number of halogens is 1. The lowest BCUT2D eigenvalue weighted by Gasteiger charge is -2.22. The van der Waals surface area contributed by atoms with E-state index in [1.807, 2.05) is 36.4 Å². The van der Waals surface area contributed by atoms with Crippen molar-refractivity contribution in [2.45, 2.75) is 43.3 Å². The van der Waals surface area contributed by atoms with Crippen LogP contribution >= 0.6 is 11.8 Å². The van der Waals surface area contributed by atoms with E-state index in [-0.39, 0.29) is 11.7 Å². The van der Waals surface area contributed by atoms with E-state index in [4.69, 9.17) is 4.98 Å². The first kappa shape index (κ1) is 24.5. The fourth-order valence-electron chi connectivity index (χ4n) is 4.72. The molecule has 1 aliphatic rings. The predicted molar refractivity (Wildman–Crippen MR) is 142 cm³/mol. The van der Waals surface area contributed by atoms with Crippen LogP contribution < -0.4 is 5.32 Å². The van der Waals surface area contributed by atoms with Crippen LogP contribution in [0.25, 0.3) is 11.2 Å². The van der Waals surface area contributed by atoms with E-state index in [0.717, 1.165) is 47.0 Å². The van der Waals surface area contributed by atoms with Crippen molar-refractivity contribution in [1.29, 1.82) is 0 Å². The van der Waals surface area contributed by atoms with Crippen LogP contribution in [0, 0.1) is 5.82 Å². The summed E-state index contributed by atoms with van der Waals surface area (Å²) in [7, 11) is 0. The number of benzene rings is 2. The highest BCUT2D eigenvalue weighted by Gasteiger charge is 2.23. The highest BCUT2D eigenvalue weighted by atomic mass is 32.2. The van der Waals surface area contributed by atoms with E-state index < -0.39 is 0 Å². The minimum absolute atomic E-state index is 0.0326. The number of nitrogens with one attached hydrogen (secondary N) is 1. The fraction of sp³-hybridized carbons (Fsp3) is 0.321. The van der Waals surface area contributed by atoms with Gasteiger partial charge in [0.1, 0.15) is 11.3 Å². The Balaban J connectivity index is 1.27. The van der Waals surface area contributed by atoms with Crippen LogP contribution in [-0.2, 0) is 12.3 Å². The van der Waals surface area contributed by atoms with Crippen molar-refractivity contribution in [3.63, 3.8) is 0 Å². The number of likely N-dealkylation sites (tertiary alicyclic amines) is 1. The molecule has 3 heterocycles. The van der Waals surface area contributed by atoms with E-state index in [9.17, 15) is 9.18 Å². The number of imidazole rings is 1. The van der Waals surface area contributed by atoms with Crippen molar-refractivity contribution in [3.05, 3.63) is 89.4 Å². The summed E-state index contributed by atoms with van der Waals surface area (Å²) in [5.41, 5.74) is 4.41. The number of rotatable bonds is 9. The van der Waals surface area contributed by atoms with Gasteiger partial charge in [0, 0.05) is 30.1 Å². The molecule has 1 saturated heterocycles. The molecule has 0 radical (unpaired) electrons. The first-order valence-electron chi connectivity index (χ1n) is 12.4. The summed E-state index contributed by atoms with van der Waals surface area (Å²) in [6.45, 7) is 5.60. The number of hydrogen-bond donors (Lipinski definition) is 1. The Morgan fingerprint density at radius 3 is 2.67 bits per heavy atom. The Labute approximate surface area is 214 Å². The van der Waals surface area contributed by atoms with Gasteiger partial charge in [0.15, 0.2) is 10.8 Å². The third-order valence-corrected chi connectivity index (χ3v) is 7.76. The maximum absolute atomic E-state index is 13.3. The normalized spacial score (nSPS) is 16.0. The van der Waals surface area contributed by atoms with E-state index in [0.29, 0.717) is 30.4 Å². The van der Waals surface area contributed by atoms with Crippen molar-refractivity contribution in [1.82, 2.24) is 24.8 Å². The van der Waals surface area contributed by atoms with Crippen molar-refractivity contribution >= 4 is 28.8 Å². The minimum Gasteiger partial charge on any atom is -0.350 e. The SMILES string of the molecule is CCN1CCC[C@@H]1CNC(=O)c1ccc(Cn2c(SCc3ccc(F)cc3)nc3cccnc32)cc1. The maximum atomic E-state index is 13.3. The third-order valence-electron chi connectivity index (χ3n) is 6.71. The molecular weight excluding hydrogens is 473 g/mol. The maximum Gasteiger partial charge on any atom is 0.251 e. The molecule has 0 bridgehead atoms. The molecule has 186 valence electrons. The second kappa shape index (κ2) is 11.2. The molecule has 5 rings (SSSR count). The van der Waals surface area contributed by atoms with E-state index in [1.165, 1.54) is 18.6 Å². The monoisotopic (exact) mass is 503 g/mol. The summed E-state index contributed by atoms with van der Waals surface area (Å²) < 4.78 is 15.4. The quantitative estimate of drug-likeness (QED) is 0.321. The molecule has 1 aliphatic heterocycles. The number of pyridine rings is 1. The van der Waals surface area contributed by atoms with Crippen LogP contribution in [0.5, 0.6) is 0 Å². The molecule has 1 fully saturated rings. The lowest BCUT2D eigenvalue weighted by Crippen LogP contribution is -2.40. The standard InChI is InChI=1S/C28H30FN5OS/c1-2-33-16-4-5-24(33)17-31-27(35)22-11-7-20(8-12-22)18-34-26-25(6-3-15-30-26)32-28(34)36-19-21-9-13-23(29)14-10-21/h3,6-15,24H,2,4-5,16-19H2,1H3,(H,31,35)/t24-/m1/s1. The van der Waals surface area contributed by atoms with Crippen LogP contribution in [0.4, 0.5) is 4.39 Å². The highest BCUT2D eigenvalue weighted by molar-refractivity contribution is 7.98. The van der Waals surface area contributed by atoms with Gasteiger partial charge in [-0.15, -0.1) is 0 Å². The van der Waals surface area contributed by atoms with Crippen molar-refractivity contribution in [2.75, 3.05) is 19.6 Å². The highest BCUT2D eigenvalue weighted by Crippen LogP contribution is 2.27. The molecule has 1 atom stereocenters. The van der Waals surface area contributed by atoms with Crippen LogP contribution in [0.2, 0.25) is 0 Å². The van der Waals surface area contributed by atoms with Gasteiger partial charge in [0.2, 0.25) is 0 Å². The van der Waals surface area contributed by atoms with Gasteiger partial charge in [0.25, 0.3) is 5.91 Å². The molecule has 4 aromatic rings. The number of amides is 1. The number of aromatic nitrogens is 3. The van der Waals surface area contributed by atoms with Gasteiger partial charge < -0.3 is 5.32 Å². The number of fused-ring (bicyclic) bond motifs is 1. The zero-order valence-corrected chi connectivity index (χ0v) is 21.2. The number of nitrogens with zero attached hydrogens (tertiary/aromatic N) is 4. The molecule has 8 heteroatoms. The Bertz CT molecular complexity index is 1320. The van der Waals surface area contributed by atoms with Crippen LogP contribution in [-0.4, -0.2) is 51.0 Å². The Kier molecular flexibility index (Phi) is 7.63. The summed E-state index contributed by atoms with van der Waals surface area (Å²) >= 11 is 1.60. The Morgan fingerprint density at radius 1 is 1.11 bits per heavy atom. The number of hydrogen-bond acceptors (Lipinski definition) is 5. The lowest BCUT2D eigenvalue weighted by atomic mass is 10.1. The molecule has 2 aromatic heterocycles. The second-order valence-electron chi connectivity index (χ2n) is 9.07. The third kappa shape index (κ3) is 5.60. The van der Waals surface area contributed by atoms with Gasteiger partial charge in [0.05, 0.1) is 6.54 Å². The summed E-state index contributed by atoms with van der Waals surface area (Å²) in [5, 5.41) is 3.96. The van der Waals surface area contributed by atoms with E-state index in [1.54, 1.807) is 30.1 Å². The van der Waals surface area contributed by atoms with Gasteiger partial charge >= 0.3 is 0 Å². The van der Waals surface area contributed by atoms with Crippen molar-refractivity contribution < 1.29 is 9.18 Å². The first-order valence-corrected chi connectivity index (χ1v) is 13.4. The predicted octanol–water partition coefficient (Wildman–Crippen LogP) is 5.13. The molecule has 2 aromatic carbocycles. The summed E-state index contributed by atoms with van der Waals surface area (Å²) in [6.07, 6.45) is 4.11. The van der Waals surface area contributed by atoms with E-state index >= 15 is 0 Å². The zero-order chi connectivity index (χ0) is 24.9. The number of carbonyl (C=O) groups excluding carboxylic acids is 1. The molecule has 0 unspecified atom stereocenters. The topological polar surface area (TPSA) is 63.1 Å². The molecule has 0 saturated carbocycles. The second-order valence-corrected chi connectivity index (χ2v) is 10.0. The molecular formula is C28H30FN5OS. The number of likely N-dealkylation sites (N-methyl/N-ethyl adjacent to an activating group) is 1. The Morgan fingerprint density at radius 2 is 1.89 bits per heavy atom. The average Bonchev–Trinajstić information content (AvgIpc) is 3.51. The summed E-state index contributed by atoms with van der Waals surface area (Å²) in [6, 6.07) is 18.6. The molecule has 0 spiro atoms. The average molecular weight is 504 g/mol. The first-order chi connectivity index (χ1) is 17.6. The van der Waals surface area contributed by atoms with Crippen LogP contribution in [0.15, 0.2) is 72.0 Å². The van der Waals surface area contributed by atoms with Gasteiger partial charge in [-0.1, -0.05) is 43.0 Å². The van der Waals surface area contributed by atoms with Crippen molar-refractivity contribution in [2.24, 2.45) is 0 Å². The zero-order valence-electron chi connectivity index (χ0n) is 20.4. The number of thioether (sulfide) groups is 1. The van der Waals surface area contributed by atoms with Crippen LogP contribution in [0.1, 0.15) is 41.3 Å². The smallest absolute Gasteiger partial charge is 0.251 e. The minimum atomic E-state index is -0.237. The van der Waals surface area contributed by atoms with Crippen LogP contribution in [0.3, 0.4) is 0 Å². The fourth-order valence-corrected chi connectivity index (χ4v) is 5.68. The number of carbonyl (C=O) groups is 1. The van der Waals surface area contributed by atoms with Gasteiger partial charge in [-0.25, -0.2) is 14.4 Å².